The van der Waals surface area contributed by atoms with Gasteiger partial charge in [0.2, 0.25) is 0 Å². The van der Waals surface area contributed by atoms with Gasteiger partial charge in [0.05, 0.1) is 23.8 Å². The average molecular weight is 596 g/mol. The zero-order valence-corrected chi connectivity index (χ0v) is 23.5. The molecule has 0 atom stereocenters. The molecule has 0 bridgehead atoms. The van der Waals surface area contributed by atoms with Gasteiger partial charge in [-0.25, -0.2) is 4.79 Å². The third-order valence-corrected chi connectivity index (χ3v) is 7.83. The van der Waals surface area contributed by atoms with Gasteiger partial charge >= 0.3 is 5.97 Å². The van der Waals surface area contributed by atoms with Crippen LogP contribution < -0.4 is 14.8 Å². The van der Waals surface area contributed by atoms with Crippen molar-refractivity contribution in [1.82, 2.24) is 0 Å². The number of thiophene rings is 1. The Morgan fingerprint density at radius 1 is 1.18 bits per heavy atom. The maximum atomic E-state index is 13.1. The van der Waals surface area contributed by atoms with Gasteiger partial charge in [0.15, 0.2) is 11.5 Å². The van der Waals surface area contributed by atoms with Crippen molar-refractivity contribution in [2.24, 2.45) is 0 Å². The lowest BCUT2D eigenvalue weighted by atomic mass is 9.95. The molecule has 0 radical (unpaired) electrons. The first-order chi connectivity index (χ1) is 18.4. The molecule has 0 fully saturated rings. The zero-order chi connectivity index (χ0) is 27.1. The Morgan fingerprint density at radius 3 is 2.66 bits per heavy atom. The number of benzene rings is 2. The summed E-state index contributed by atoms with van der Waals surface area (Å²) < 4.78 is 17.4. The number of rotatable bonds is 9. The quantitative estimate of drug-likeness (QED) is 0.168. The first kappa shape index (κ1) is 27.4. The van der Waals surface area contributed by atoms with Gasteiger partial charge in [-0.2, -0.15) is 5.26 Å². The van der Waals surface area contributed by atoms with Crippen LogP contribution in [0.1, 0.15) is 51.7 Å². The highest BCUT2D eigenvalue weighted by Crippen LogP contribution is 2.40. The SMILES string of the molecule is CCOC(=O)c1c(NC(=O)/C(C#N)=C/c2cc(Br)c(OCc3ccccc3)c(OC)c2)sc2c1CCCC2. The van der Waals surface area contributed by atoms with E-state index in [1.165, 1.54) is 24.5 Å². The van der Waals surface area contributed by atoms with E-state index >= 15 is 0 Å². The molecule has 1 heterocycles. The maximum Gasteiger partial charge on any atom is 0.341 e. The van der Waals surface area contributed by atoms with E-state index in [0.29, 0.717) is 38.7 Å². The van der Waals surface area contributed by atoms with E-state index in [4.69, 9.17) is 14.2 Å². The van der Waals surface area contributed by atoms with Crippen molar-refractivity contribution in [2.45, 2.75) is 39.2 Å². The number of amides is 1. The zero-order valence-electron chi connectivity index (χ0n) is 21.1. The molecule has 196 valence electrons. The summed E-state index contributed by atoms with van der Waals surface area (Å²) in [4.78, 5) is 26.9. The standard InChI is InChI=1S/C29H27BrN2O5S/c1-3-36-29(34)25-21-11-7-8-12-24(21)38-28(25)32-27(33)20(16-31)13-19-14-22(30)26(23(15-19)35-2)37-17-18-9-5-4-6-10-18/h4-6,9-10,13-15H,3,7-8,11-12,17H2,1-2H3,(H,32,33)/b20-13+. The highest BCUT2D eigenvalue weighted by Gasteiger charge is 2.28. The highest BCUT2D eigenvalue weighted by molar-refractivity contribution is 9.10. The summed E-state index contributed by atoms with van der Waals surface area (Å²) in [6.07, 6.45) is 5.11. The van der Waals surface area contributed by atoms with E-state index in [1.807, 2.05) is 36.4 Å². The Kier molecular flexibility index (Phi) is 9.21. The van der Waals surface area contributed by atoms with Crippen LogP contribution in [0.2, 0.25) is 0 Å². The molecule has 3 aromatic rings. The van der Waals surface area contributed by atoms with Crippen molar-refractivity contribution >= 4 is 50.2 Å². The number of carbonyl (C=O) groups is 2. The number of aryl methyl sites for hydroxylation is 1. The lowest BCUT2D eigenvalue weighted by Gasteiger charge is -2.14. The Balaban J connectivity index is 1.58. The summed E-state index contributed by atoms with van der Waals surface area (Å²) in [6, 6.07) is 15.2. The minimum Gasteiger partial charge on any atom is -0.493 e. The first-order valence-corrected chi connectivity index (χ1v) is 13.8. The van der Waals surface area contributed by atoms with Crippen molar-refractivity contribution in [2.75, 3.05) is 19.0 Å². The highest BCUT2D eigenvalue weighted by atomic mass is 79.9. The van der Waals surface area contributed by atoms with Crippen molar-refractivity contribution in [3.05, 3.63) is 79.6 Å². The van der Waals surface area contributed by atoms with Gasteiger partial charge in [-0.05, 0) is 83.4 Å². The van der Waals surface area contributed by atoms with E-state index in [9.17, 15) is 14.9 Å². The van der Waals surface area contributed by atoms with E-state index in [2.05, 4.69) is 21.2 Å². The normalized spacial score (nSPS) is 12.7. The molecule has 0 spiro atoms. The van der Waals surface area contributed by atoms with Gasteiger partial charge in [0, 0.05) is 4.88 Å². The number of anilines is 1. The molecule has 1 N–H and O–H groups in total. The van der Waals surface area contributed by atoms with E-state index in [1.54, 1.807) is 19.1 Å². The molecular weight excluding hydrogens is 568 g/mol. The number of carbonyl (C=O) groups excluding carboxylic acids is 2. The molecule has 0 saturated carbocycles. The summed E-state index contributed by atoms with van der Waals surface area (Å²) in [5.74, 6) is -0.0879. The lowest BCUT2D eigenvalue weighted by Crippen LogP contribution is -2.16. The topological polar surface area (TPSA) is 97.7 Å². The molecule has 38 heavy (non-hydrogen) atoms. The molecular formula is C29H27BrN2O5S. The molecule has 4 rings (SSSR count). The third kappa shape index (κ3) is 6.26. The molecule has 1 amide bonds. The number of fused-ring (bicyclic) bond motifs is 1. The smallest absolute Gasteiger partial charge is 0.341 e. The Morgan fingerprint density at radius 2 is 1.95 bits per heavy atom. The molecule has 2 aromatic carbocycles. The summed E-state index contributed by atoms with van der Waals surface area (Å²) >= 11 is 4.90. The summed E-state index contributed by atoms with van der Waals surface area (Å²) in [7, 11) is 1.53. The number of ether oxygens (including phenoxy) is 3. The monoisotopic (exact) mass is 594 g/mol. The van der Waals surface area contributed by atoms with E-state index in [0.717, 1.165) is 41.7 Å². The fourth-order valence-electron chi connectivity index (χ4n) is 4.25. The van der Waals surface area contributed by atoms with Crippen molar-refractivity contribution in [3.63, 3.8) is 0 Å². The largest absolute Gasteiger partial charge is 0.493 e. The predicted molar refractivity (Wildman–Crippen MR) is 151 cm³/mol. The minimum atomic E-state index is -0.601. The number of esters is 1. The van der Waals surface area contributed by atoms with Crippen LogP contribution in [-0.4, -0.2) is 25.6 Å². The van der Waals surface area contributed by atoms with Crippen LogP contribution in [-0.2, 0) is 29.0 Å². The van der Waals surface area contributed by atoms with Crippen LogP contribution in [0.25, 0.3) is 6.08 Å². The predicted octanol–water partition coefficient (Wildman–Crippen LogP) is 6.70. The molecule has 1 aliphatic carbocycles. The number of hydrogen-bond donors (Lipinski definition) is 1. The molecule has 0 aliphatic heterocycles. The summed E-state index contributed by atoms with van der Waals surface area (Å²) in [5.41, 5.74) is 2.81. The van der Waals surface area contributed by atoms with E-state index < -0.39 is 11.9 Å². The second kappa shape index (κ2) is 12.8. The summed E-state index contributed by atoms with van der Waals surface area (Å²) in [5, 5.41) is 13.0. The van der Waals surface area contributed by atoms with Gasteiger partial charge < -0.3 is 19.5 Å². The van der Waals surface area contributed by atoms with Crippen molar-refractivity contribution in [3.8, 4) is 17.6 Å². The van der Waals surface area contributed by atoms with Gasteiger partial charge in [0.25, 0.3) is 5.91 Å². The molecule has 9 heteroatoms. The van der Waals surface area contributed by atoms with Crippen LogP contribution in [0, 0.1) is 11.3 Å². The molecule has 0 saturated heterocycles. The third-order valence-electron chi connectivity index (χ3n) is 6.03. The van der Waals surface area contributed by atoms with Crippen LogP contribution in [0.3, 0.4) is 0 Å². The van der Waals surface area contributed by atoms with Crippen LogP contribution in [0.4, 0.5) is 5.00 Å². The maximum absolute atomic E-state index is 13.1. The number of nitrogens with one attached hydrogen (secondary N) is 1. The van der Waals surface area contributed by atoms with Gasteiger partial charge in [-0.3, -0.25) is 4.79 Å². The second-order valence-corrected chi connectivity index (χ2v) is 10.5. The van der Waals surface area contributed by atoms with Gasteiger partial charge in [-0.15, -0.1) is 11.3 Å². The van der Waals surface area contributed by atoms with Gasteiger partial charge in [-0.1, -0.05) is 30.3 Å². The Hall–Kier alpha value is -3.61. The minimum absolute atomic E-state index is 0.113. The van der Waals surface area contributed by atoms with E-state index in [-0.39, 0.29) is 12.2 Å². The lowest BCUT2D eigenvalue weighted by molar-refractivity contribution is -0.112. The van der Waals surface area contributed by atoms with Crippen molar-refractivity contribution in [1.29, 1.82) is 5.26 Å². The second-order valence-electron chi connectivity index (χ2n) is 8.57. The fourth-order valence-corrected chi connectivity index (χ4v) is 6.10. The number of halogens is 1. The Labute approximate surface area is 234 Å². The first-order valence-electron chi connectivity index (χ1n) is 12.2. The van der Waals surface area contributed by atoms with Gasteiger partial charge in [0.1, 0.15) is 23.3 Å². The van der Waals surface area contributed by atoms with Crippen LogP contribution in [0.5, 0.6) is 11.5 Å². The molecule has 1 aliphatic rings. The molecule has 1 aromatic heterocycles. The van der Waals surface area contributed by atoms with Crippen molar-refractivity contribution < 1.29 is 23.8 Å². The van der Waals surface area contributed by atoms with Crippen LogP contribution >= 0.6 is 27.3 Å². The number of methoxy groups -OCH3 is 1. The van der Waals surface area contributed by atoms with Crippen LogP contribution in [0.15, 0.2) is 52.5 Å². The number of nitrogens with zero attached hydrogens (tertiary/aromatic N) is 1. The average Bonchev–Trinajstić information content (AvgIpc) is 3.29. The molecule has 0 unspecified atom stereocenters. The number of nitriles is 1. The summed E-state index contributed by atoms with van der Waals surface area (Å²) in [6.45, 7) is 2.34. The fraction of sp³-hybridized carbons (Fsp3) is 0.276. The number of hydrogen-bond acceptors (Lipinski definition) is 7. The molecule has 7 nitrogen and oxygen atoms in total. The Bertz CT molecular complexity index is 1410.